The first kappa shape index (κ1) is 20.1. The van der Waals surface area contributed by atoms with E-state index in [0.29, 0.717) is 5.92 Å². The molecule has 166 valence electrons. The summed E-state index contributed by atoms with van der Waals surface area (Å²) in [6.45, 7) is 1.79. The summed E-state index contributed by atoms with van der Waals surface area (Å²) in [7, 11) is 0. The zero-order valence-electron chi connectivity index (χ0n) is 17.8. The summed E-state index contributed by atoms with van der Waals surface area (Å²) in [6, 6.07) is 9.79. The zero-order chi connectivity index (χ0) is 21.7. The Balaban J connectivity index is 1.30. The van der Waals surface area contributed by atoms with Crippen molar-refractivity contribution in [2.75, 3.05) is 18.0 Å². The molecule has 1 aromatic carbocycles. The van der Waals surface area contributed by atoms with Crippen molar-refractivity contribution in [3.05, 3.63) is 47.7 Å². The molecule has 1 aromatic heterocycles. The molecule has 1 saturated carbocycles. The maximum atomic E-state index is 13.3. The summed E-state index contributed by atoms with van der Waals surface area (Å²) in [4.78, 5) is 32.8. The maximum absolute atomic E-state index is 13.3. The van der Waals surface area contributed by atoms with E-state index in [4.69, 9.17) is 0 Å². The number of piperidine rings is 1. The van der Waals surface area contributed by atoms with Crippen molar-refractivity contribution in [1.29, 1.82) is 0 Å². The molecule has 0 bridgehead atoms. The number of carbonyl (C=O) groups is 2. The quantitative estimate of drug-likeness (QED) is 0.664. The molecular weight excluding hydrogens is 422 g/mol. The summed E-state index contributed by atoms with van der Waals surface area (Å²) >= 11 is 1.45. The fourth-order valence-electron chi connectivity index (χ4n) is 5.20. The highest BCUT2D eigenvalue weighted by atomic mass is 32.2. The monoisotopic (exact) mass is 449 g/mol. The van der Waals surface area contributed by atoms with Gasteiger partial charge in [0.15, 0.2) is 0 Å². The van der Waals surface area contributed by atoms with E-state index in [1.165, 1.54) is 36.6 Å². The van der Waals surface area contributed by atoms with E-state index in [-0.39, 0.29) is 24.0 Å². The zero-order valence-corrected chi connectivity index (χ0v) is 18.7. The number of nitrogens with zero attached hydrogens (tertiary/aromatic N) is 2. The van der Waals surface area contributed by atoms with E-state index in [9.17, 15) is 9.59 Å². The molecule has 7 nitrogen and oxygen atoms in total. The lowest BCUT2D eigenvalue weighted by Crippen LogP contribution is -2.52. The predicted molar refractivity (Wildman–Crippen MR) is 124 cm³/mol. The van der Waals surface area contributed by atoms with Crippen LogP contribution in [0.5, 0.6) is 0 Å². The highest BCUT2D eigenvalue weighted by molar-refractivity contribution is 8.01. The van der Waals surface area contributed by atoms with Gasteiger partial charge in [-0.05, 0) is 61.9 Å². The fraction of sp³-hybridized carbons (Fsp3) is 0.458. The number of nitrogens with one attached hydrogen (secondary N) is 3. The van der Waals surface area contributed by atoms with E-state index in [2.05, 4.69) is 33.1 Å². The molecule has 4 aliphatic rings. The third-order valence-corrected chi connectivity index (χ3v) is 8.40. The van der Waals surface area contributed by atoms with Gasteiger partial charge >= 0.3 is 6.03 Å². The van der Waals surface area contributed by atoms with Crippen LogP contribution < -0.4 is 20.9 Å². The van der Waals surface area contributed by atoms with Crippen LogP contribution in [-0.2, 0) is 4.79 Å². The minimum atomic E-state index is -0.409. The van der Waals surface area contributed by atoms with Crippen LogP contribution in [0.4, 0.5) is 16.2 Å². The van der Waals surface area contributed by atoms with Crippen molar-refractivity contribution in [3.63, 3.8) is 0 Å². The van der Waals surface area contributed by atoms with Crippen LogP contribution in [0.1, 0.15) is 55.2 Å². The molecular formula is C24H27N5O2S. The number of hydrogen-bond acceptors (Lipinski definition) is 5. The number of amides is 3. The number of aromatic nitrogens is 1. The maximum Gasteiger partial charge on any atom is 0.327 e. The Kier molecular flexibility index (Phi) is 5.07. The van der Waals surface area contributed by atoms with Gasteiger partial charge in [-0.2, -0.15) is 0 Å². The molecule has 1 saturated heterocycles. The number of urea groups is 1. The molecule has 6 rings (SSSR count). The van der Waals surface area contributed by atoms with Crippen molar-refractivity contribution in [2.45, 2.75) is 60.4 Å². The third-order valence-electron chi connectivity index (χ3n) is 7.11. The van der Waals surface area contributed by atoms with E-state index in [1.54, 1.807) is 11.1 Å². The Hall–Kier alpha value is -2.58. The van der Waals surface area contributed by atoms with Gasteiger partial charge in [-0.1, -0.05) is 30.3 Å². The SMILES string of the molecule is O=C(NC1CCCNC1)[C@@H]1Sc2nccc3c2C1NC(=O)N3c1cccc(C2CCC2)c1. The van der Waals surface area contributed by atoms with Gasteiger partial charge in [-0.3, -0.25) is 9.69 Å². The van der Waals surface area contributed by atoms with Crippen LogP contribution in [0, 0.1) is 0 Å². The van der Waals surface area contributed by atoms with E-state index in [0.717, 1.165) is 47.9 Å². The smallest absolute Gasteiger partial charge is 0.327 e. The summed E-state index contributed by atoms with van der Waals surface area (Å²) in [6.07, 6.45) is 7.48. The summed E-state index contributed by atoms with van der Waals surface area (Å²) < 4.78 is 0. The molecule has 2 aromatic rings. The van der Waals surface area contributed by atoms with Gasteiger partial charge in [0.1, 0.15) is 10.3 Å². The molecule has 8 heteroatoms. The number of rotatable bonds is 4. The van der Waals surface area contributed by atoms with Crippen LogP contribution in [-0.4, -0.2) is 41.3 Å². The second kappa shape index (κ2) is 8.08. The number of thioether (sulfide) groups is 1. The second-order valence-electron chi connectivity index (χ2n) is 9.12. The number of benzene rings is 1. The summed E-state index contributed by atoms with van der Waals surface area (Å²) in [5.41, 5.74) is 3.94. The summed E-state index contributed by atoms with van der Waals surface area (Å²) in [5, 5.41) is 10.1. The Morgan fingerprint density at radius 3 is 2.88 bits per heavy atom. The molecule has 0 radical (unpaired) electrons. The average molecular weight is 450 g/mol. The van der Waals surface area contributed by atoms with Crippen LogP contribution >= 0.6 is 11.8 Å². The molecule has 3 amide bonds. The van der Waals surface area contributed by atoms with E-state index < -0.39 is 5.25 Å². The molecule has 3 aliphatic heterocycles. The number of anilines is 2. The van der Waals surface area contributed by atoms with Gasteiger partial charge in [0.2, 0.25) is 5.91 Å². The molecule has 0 spiro atoms. The van der Waals surface area contributed by atoms with Crippen LogP contribution in [0.2, 0.25) is 0 Å². The van der Waals surface area contributed by atoms with Gasteiger partial charge < -0.3 is 16.0 Å². The predicted octanol–water partition coefficient (Wildman–Crippen LogP) is 3.59. The average Bonchev–Trinajstić information content (AvgIpc) is 3.13. The van der Waals surface area contributed by atoms with Gasteiger partial charge in [0.05, 0.1) is 17.4 Å². The Morgan fingerprint density at radius 2 is 2.09 bits per heavy atom. The third kappa shape index (κ3) is 3.36. The highest BCUT2D eigenvalue weighted by Crippen LogP contribution is 2.51. The first-order chi connectivity index (χ1) is 15.7. The Morgan fingerprint density at radius 1 is 1.19 bits per heavy atom. The molecule has 3 atom stereocenters. The minimum absolute atomic E-state index is 0.0293. The number of pyridine rings is 1. The lowest BCUT2D eigenvalue weighted by atomic mass is 9.80. The molecule has 32 heavy (non-hydrogen) atoms. The minimum Gasteiger partial charge on any atom is -0.351 e. The molecule has 1 aliphatic carbocycles. The van der Waals surface area contributed by atoms with Crippen molar-refractivity contribution in [3.8, 4) is 0 Å². The van der Waals surface area contributed by atoms with Gasteiger partial charge in [0.25, 0.3) is 0 Å². The normalized spacial score (nSPS) is 26.8. The van der Waals surface area contributed by atoms with E-state index in [1.807, 2.05) is 18.2 Å². The van der Waals surface area contributed by atoms with Crippen molar-refractivity contribution in [1.82, 2.24) is 20.9 Å². The largest absolute Gasteiger partial charge is 0.351 e. The second-order valence-corrected chi connectivity index (χ2v) is 10.3. The highest BCUT2D eigenvalue weighted by Gasteiger charge is 2.47. The van der Waals surface area contributed by atoms with Gasteiger partial charge in [0, 0.05) is 24.3 Å². The fourth-order valence-corrected chi connectivity index (χ4v) is 6.44. The first-order valence-electron chi connectivity index (χ1n) is 11.6. The Labute approximate surface area is 191 Å². The summed E-state index contributed by atoms with van der Waals surface area (Å²) in [5.74, 6) is 0.565. The van der Waals surface area contributed by atoms with Crippen molar-refractivity contribution >= 4 is 35.1 Å². The standard InChI is InChI=1S/C24H27N5O2S/c30-22(27-16-7-3-10-25-13-16)21-20-19-18(9-11-26-23(19)32-21)29(24(31)28-20)17-8-2-6-15(12-17)14-4-1-5-14/h2,6,8-9,11-12,14,16,20-21,25H,1,3-5,7,10,13H2,(H,27,30)(H,28,31)/t16?,20?,21-/m1/s1. The lowest BCUT2D eigenvalue weighted by molar-refractivity contribution is -0.121. The van der Waals surface area contributed by atoms with Gasteiger partial charge in [-0.25, -0.2) is 9.78 Å². The molecule has 3 N–H and O–H groups in total. The van der Waals surface area contributed by atoms with Crippen LogP contribution in [0.15, 0.2) is 41.6 Å². The first-order valence-corrected chi connectivity index (χ1v) is 12.4. The van der Waals surface area contributed by atoms with Crippen LogP contribution in [0.25, 0.3) is 0 Å². The lowest BCUT2D eigenvalue weighted by Gasteiger charge is -2.35. The van der Waals surface area contributed by atoms with Crippen molar-refractivity contribution < 1.29 is 9.59 Å². The van der Waals surface area contributed by atoms with E-state index >= 15 is 0 Å². The van der Waals surface area contributed by atoms with Gasteiger partial charge in [-0.15, -0.1) is 0 Å². The number of hydrogen-bond donors (Lipinski definition) is 3. The molecule has 2 unspecified atom stereocenters. The Bertz CT molecular complexity index is 1070. The van der Waals surface area contributed by atoms with Crippen molar-refractivity contribution in [2.24, 2.45) is 0 Å². The molecule has 4 heterocycles. The van der Waals surface area contributed by atoms with Crippen LogP contribution in [0.3, 0.4) is 0 Å². The molecule has 2 fully saturated rings. The topological polar surface area (TPSA) is 86.4 Å². The number of carbonyl (C=O) groups excluding carboxylic acids is 2.